The number of carbonyl (C=O) groups excluding carboxylic acids is 1. The first-order valence-electron chi connectivity index (χ1n) is 7.15. The third kappa shape index (κ3) is 5.57. The zero-order valence-electron chi connectivity index (χ0n) is 12.6. The summed E-state index contributed by atoms with van der Waals surface area (Å²) in [5.74, 6) is 2.75. The summed E-state index contributed by atoms with van der Waals surface area (Å²) < 4.78 is 5.62. The van der Waals surface area contributed by atoms with Gasteiger partial charge in [-0.1, -0.05) is 0 Å². The SMILES string of the molecule is CN(C)CCOc1ccc(NC(=O)C2CSCCN2)cc1. The predicted octanol–water partition coefficient (Wildman–Crippen LogP) is 1.27. The van der Waals surface area contributed by atoms with Gasteiger partial charge in [0.2, 0.25) is 5.91 Å². The quantitative estimate of drug-likeness (QED) is 0.829. The van der Waals surface area contributed by atoms with E-state index in [1.54, 1.807) is 0 Å². The molecule has 1 amide bonds. The third-order valence-electron chi connectivity index (χ3n) is 3.17. The molecule has 0 aromatic heterocycles. The number of benzene rings is 1. The van der Waals surface area contributed by atoms with E-state index in [0.717, 1.165) is 36.0 Å². The van der Waals surface area contributed by atoms with Crippen LogP contribution < -0.4 is 15.4 Å². The summed E-state index contributed by atoms with van der Waals surface area (Å²) in [7, 11) is 4.03. The molecule has 0 aliphatic carbocycles. The van der Waals surface area contributed by atoms with Crippen LogP contribution in [-0.2, 0) is 4.79 Å². The molecule has 116 valence electrons. The van der Waals surface area contributed by atoms with Crippen LogP contribution in [0.4, 0.5) is 5.69 Å². The van der Waals surface area contributed by atoms with Crippen LogP contribution in [0.3, 0.4) is 0 Å². The summed E-state index contributed by atoms with van der Waals surface area (Å²) in [6.45, 7) is 2.42. The molecular formula is C15H23N3O2S. The van der Waals surface area contributed by atoms with Gasteiger partial charge in [0.15, 0.2) is 0 Å². The lowest BCUT2D eigenvalue weighted by molar-refractivity contribution is -0.117. The fraction of sp³-hybridized carbons (Fsp3) is 0.533. The molecule has 1 aromatic rings. The average molecular weight is 309 g/mol. The second-order valence-corrected chi connectivity index (χ2v) is 6.40. The number of nitrogens with zero attached hydrogens (tertiary/aromatic N) is 1. The Labute approximate surface area is 130 Å². The molecule has 0 bridgehead atoms. The van der Waals surface area contributed by atoms with Crippen molar-refractivity contribution < 1.29 is 9.53 Å². The van der Waals surface area contributed by atoms with Crippen LogP contribution >= 0.6 is 11.8 Å². The zero-order valence-corrected chi connectivity index (χ0v) is 13.4. The Balaban J connectivity index is 1.80. The van der Waals surface area contributed by atoms with Gasteiger partial charge in [0.1, 0.15) is 12.4 Å². The number of nitrogens with one attached hydrogen (secondary N) is 2. The highest BCUT2D eigenvalue weighted by atomic mass is 32.2. The summed E-state index contributed by atoms with van der Waals surface area (Å²) in [6, 6.07) is 7.42. The number of hydrogen-bond acceptors (Lipinski definition) is 5. The molecule has 1 heterocycles. The molecule has 6 heteroatoms. The molecule has 1 atom stereocenters. The van der Waals surface area contributed by atoms with Crippen LogP contribution in [0.5, 0.6) is 5.75 Å². The largest absolute Gasteiger partial charge is 0.492 e. The normalized spacial score (nSPS) is 18.5. The average Bonchev–Trinajstić information content (AvgIpc) is 2.49. The van der Waals surface area contributed by atoms with Crippen molar-refractivity contribution in [2.24, 2.45) is 0 Å². The van der Waals surface area contributed by atoms with Gasteiger partial charge in [-0.25, -0.2) is 0 Å². The van der Waals surface area contributed by atoms with E-state index in [0.29, 0.717) is 6.61 Å². The minimum Gasteiger partial charge on any atom is -0.492 e. The van der Waals surface area contributed by atoms with E-state index in [1.807, 2.05) is 50.1 Å². The predicted molar refractivity (Wildman–Crippen MR) is 88.2 cm³/mol. The van der Waals surface area contributed by atoms with Gasteiger partial charge in [0.25, 0.3) is 0 Å². The van der Waals surface area contributed by atoms with Crippen molar-refractivity contribution in [2.45, 2.75) is 6.04 Å². The Hall–Kier alpha value is -1.24. The Morgan fingerprint density at radius 2 is 2.19 bits per heavy atom. The van der Waals surface area contributed by atoms with Crippen molar-refractivity contribution in [2.75, 3.05) is 50.6 Å². The van der Waals surface area contributed by atoms with Crippen LogP contribution in [0, 0.1) is 0 Å². The van der Waals surface area contributed by atoms with Crippen molar-refractivity contribution in [1.29, 1.82) is 0 Å². The molecule has 0 spiro atoms. The minimum absolute atomic E-state index is 0.0310. The summed E-state index contributed by atoms with van der Waals surface area (Å²) in [6.07, 6.45) is 0. The van der Waals surface area contributed by atoms with E-state index in [-0.39, 0.29) is 11.9 Å². The van der Waals surface area contributed by atoms with Gasteiger partial charge in [-0.05, 0) is 38.4 Å². The van der Waals surface area contributed by atoms with E-state index >= 15 is 0 Å². The molecule has 1 saturated heterocycles. The molecular weight excluding hydrogens is 286 g/mol. The maximum Gasteiger partial charge on any atom is 0.242 e. The number of carbonyl (C=O) groups is 1. The highest BCUT2D eigenvalue weighted by molar-refractivity contribution is 7.99. The monoisotopic (exact) mass is 309 g/mol. The van der Waals surface area contributed by atoms with Crippen LogP contribution in [-0.4, -0.2) is 62.1 Å². The molecule has 1 fully saturated rings. The molecule has 2 N–H and O–H groups in total. The minimum atomic E-state index is -0.0974. The van der Waals surface area contributed by atoms with Gasteiger partial charge in [0, 0.05) is 30.3 Å². The van der Waals surface area contributed by atoms with Crippen LogP contribution in [0.25, 0.3) is 0 Å². The van der Waals surface area contributed by atoms with Crippen molar-refractivity contribution >= 4 is 23.4 Å². The Morgan fingerprint density at radius 1 is 1.43 bits per heavy atom. The van der Waals surface area contributed by atoms with Crippen LogP contribution in [0.2, 0.25) is 0 Å². The van der Waals surface area contributed by atoms with Gasteiger partial charge in [-0.15, -0.1) is 0 Å². The smallest absolute Gasteiger partial charge is 0.242 e. The lowest BCUT2D eigenvalue weighted by atomic mass is 10.2. The lowest BCUT2D eigenvalue weighted by Crippen LogP contribution is -2.46. The molecule has 1 aliphatic rings. The Morgan fingerprint density at radius 3 is 2.81 bits per heavy atom. The fourth-order valence-electron chi connectivity index (χ4n) is 1.94. The molecule has 0 saturated carbocycles. The zero-order chi connectivity index (χ0) is 15.1. The van der Waals surface area contributed by atoms with Gasteiger partial charge in [0.05, 0.1) is 6.04 Å². The number of ether oxygens (including phenoxy) is 1. The van der Waals surface area contributed by atoms with Gasteiger partial charge in [-0.3, -0.25) is 4.79 Å². The van der Waals surface area contributed by atoms with Crippen molar-refractivity contribution in [1.82, 2.24) is 10.2 Å². The highest BCUT2D eigenvalue weighted by Crippen LogP contribution is 2.16. The van der Waals surface area contributed by atoms with Crippen molar-refractivity contribution in [3.63, 3.8) is 0 Å². The summed E-state index contributed by atoms with van der Waals surface area (Å²) in [4.78, 5) is 14.1. The first kappa shape index (κ1) is 16.1. The molecule has 1 aliphatic heterocycles. The second kappa shape index (κ2) is 8.26. The molecule has 1 unspecified atom stereocenters. The number of anilines is 1. The second-order valence-electron chi connectivity index (χ2n) is 5.25. The fourth-order valence-corrected chi connectivity index (χ4v) is 2.88. The number of likely N-dealkylation sites (N-methyl/N-ethyl adjacent to an activating group) is 1. The standard InChI is InChI=1S/C15H23N3O2S/c1-18(2)8-9-20-13-5-3-12(4-6-13)17-15(19)14-11-21-10-7-16-14/h3-6,14,16H,7-11H2,1-2H3,(H,17,19). The van der Waals surface area contributed by atoms with Gasteiger partial charge < -0.3 is 20.3 Å². The molecule has 21 heavy (non-hydrogen) atoms. The number of hydrogen-bond donors (Lipinski definition) is 2. The van der Waals surface area contributed by atoms with Crippen LogP contribution in [0.15, 0.2) is 24.3 Å². The van der Waals surface area contributed by atoms with E-state index in [1.165, 1.54) is 0 Å². The summed E-state index contributed by atoms with van der Waals surface area (Å²) in [5, 5.41) is 6.16. The third-order valence-corrected chi connectivity index (χ3v) is 4.23. The Bertz CT molecular complexity index is 445. The van der Waals surface area contributed by atoms with Crippen LogP contribution in [0.1, 0.15) is 0 Å². The lowest BCUT2D eigenvalue weighted by Gasteiger charge is -2.22. The first-order valence-corrected chi connectivity index (χ1v) is 8.30. The van der Waals surface area contributed by atoms with Crippen molar-refractivity contribution in [3.8, 4) is 5.75 Å². The topological polar surface area (TPSA) is 53.6 Å². The molecule has 5 nitrogen and oxygen atoms in total. The van der Waals surface area contributed by atoms with E-state index in [4.69, 9.17) is 4.74 Å². The van der Waals surface area contributed by atoms with E-state index in [9.17, 15) is 4.79 Å². The highest BCUT2D eigenvalue weighted by Gasteiger charge is 2.20. The van der Waals surface area contributed by atoms with E-state index in [2.05, 4.69) is 15.5 Å². The number of thioether (sulfide) groups is 1. The number of amides is 1. The van der Waals surface area contributed by atoms with E-state index < -0.39 is 0 Å². The summed E-state index contributed by atoms with van der Waals surface area (Å²) in [5.41, 5.74) is 0.803. The van der Waals surface area contributed by atoms with Crippen molar-refractivity contribution in [3.05, 3.63) is 24.3 Å². The maximum atomic E-state index is 12.1. The summed E-state index contributed by atoms with van der Waals surface area (Å²) >= 11 is 1.81. The van der Waals surface area contributed by atoms with Gasteiger partial charge >= 0.3 is 0 Å². The number of rotatable bonds is 6. The molecule has 2 rings (SSSR count). The first-order chi connectivity index (χ1) is 10.1. The molecule has 0 radical (unpaired) electrons. The molecule has 1 aromatic carbocycles. The maximum absolute atomic E-state index is 12.1. The van der Waals surface area contributed by atoms with Gasteiger partial charge in [-0.2, -0.15) is 11.8 Å². The Kier molecular flexibility index (Phi) is 6.35.